The van der Waals surface area contributed by atoms with Crippen molar-refractivity contribution < 1.29 is 14.6 Å². The van der Waals surface area contributed by atoms with Crippen molar-refractivity contribution in [1.29, 1.82) is 0 Å². The molecule has 0 spiro atoms. The van der Waals surface area contributed by atoms with Crippen LogP contribution in [-0.4, -0.2) is 23.8 Å². The van der Waals surface area contributed by atoms with Gasteiger partial charge in [-0.05, 0) is 44.0 Å². The molecule has 4 nitrogen and oxygen atoms in total. The molecule has 0 fully saturated rings. The quantitative estimate of drug-likeness (QED) is 0.821. The molecule has 0 aliphatic rings. The average molecular weight is 223 g/mol. The van der Waals surface area contributed by atoms with E-state index in [0.717, 1.165) is 11.1 Å². The Kier molecular flexibility index (Phi) is 4.31. The maximum Gasteiger partial charge on any atom is 0.412 e. The van der Waals surface area contributed by atoms with E-state index in [4.69, 9.17) is 9.84 Å². The fourth-order valence-electron chi connectivity index (χ4n) is 1.38. The summed E-state index contributed by atoms with van der Waals surface area (Å²) in [6, 6.07) is 5.27. The lowest BCUT2D eigenvalue weighted by Crippen LogP contribution is -2.37. The number of aliphatic hydroxyl groups is 1. The topological polar surface area (TPSA) is 58.6 Å². The second kappa shape index (κ2) is 5.51. The van der Waals surface area contributed by atoms with Gasteiger partial charge in [-0.2, -0.15) is 0 Å². The lowest BCUT2D eigenvalue weighted by Gasteiger charge is -2.11. The summed E-state index contributed by atoms with van der Waals surface area (Å²) in [5.41, 5.74) is 2.08. The lowest BCUT2D eigenvalue weighted by molar-refractivity contribution is 0.185. The van der Waals surface area contributed by atoms with E-state index in [1.54, 1.807) is 19.1 Å². The molecule has 1 amide bonds. The Morgan fingerprint density at radius 3 is 2.44 bits per heavy atom. The number of benzene rings is 1. The van der Waals surface area contributed by atoms with Crippen molar-refractivity contribution in [3.8, 4) is 5.75 Å². The molecule has 1 aromatic rings. The number of ether oxygens (including phenoxy) is 1. The molecule has 0 aliphatic heterocycles. The maximum atomic E-state index is 11.4. The van der Waals surface area contributed by atoms with Crippen molar-refractivity contribution in [2.45, 2.75) is 26.8 Å². The van der Waals surface area contributed by atoms with E-state index in [-0.39, 0.29) is 12.6 Å². The molecule has 16 heavy (non-hydrogen) atoms. The molecule has 1 aromatic carbocycles. The van der Waals surface area contributed by atoms with Gasteiger partial charge < -0.3 is 15.2 Å². The van der Waals surface area contributed by atoms with Crippen LogP contribution in [0.4, 0.5) is 4.79 Å². The fourth-order valence-corrected chi connectivity index (χ4v) is 1.38. The second-order valence-corrected chi connectivity index (χ2v) is 3.94. The third kappa shape index (κ3) is 3.90. The van der Waals surface area contributed by atoms with Gasteiger partial charge in [0.1, 0.15) is 5.75 Å². The third-order valence-electron chi connectivity index (χ3n) is 2.04. The van der Waals surface area contributed by atoms with Crippen LogP contribution in [0.5, 0.6) is 5.75 Å². The first-order valence-electron chi connectivity index (χ1n) is 5.18. The zero-order valence-corrected chi connectivity index (χ0v) is 9.78. The fraction of sp³-hybridized carbons (Fsp3) is 0.417. The van der Waals surface area contributed by atoms with Crippen LogP contribution >= 0.6 is 0 Å². The SMILES string of the molecule is Cc1cc(C)cc(OC(=O)NC(C)CO)c1. The molecule has 1 rings (SSSR count). The van der Waals surface area contributed by atoms with Crippen LogP contribution in [0.1, 0.15) is 18.1 Å². The molecule has 88 valence electrons. The number of hydrogen-bond donors (Lipinski definition) is 2. The van der Waals surface area contributed by atoms with Crippen molar-refractivity contribution in [1.82, 2.24) is 5.32 Å². The normalized spacial score (nSPS) is 12.0. The van der Waals surface area contributed by atoms with E-state index in [9.17, 15) is 4.79 Å². The van der Waals surface area contributed by atoms with Crippen LogP contribution in [0.2, 0.25) is 0 Å². The summed E-state index contributed by atoms with van der Waals surface area (Å²) >= 11 is 0. The molecule has 2 N–H and O–H groups in total. The van der Waals surface area contributed by atoms with E-state index in [1.165, 1.54) is 0 Å². The zero-order chi connectivity index (χ0) is 12.1. The summed E-state index contributed by atoms with van der Waals surface area (Å²) in [4.78, 5) is 11.4. The molecule has 0 radical (unpaired) electrons. The van der Waals surface area contributed by atoms with Crippen molar-refractivity contribution in [3.63, 3.8) is 0 Å². The van der Waals surface area contributed by atoms with Gasteiger partial charge in [0.05, 0.1) is 12.6 Å². The second-order valence-electron chi connectivity index (χ2n) is 3.94. The summed E-state index contributed by atoms with van der Waals surface area (Å²) in [7, 11) is 0. The molecule has 0 aromatic heterocycles. The van der Waals surface area contributed by atoms with Crippen LogP contribution in [0, 0.1) is 13.8 Å². The molecular formula is C12H17NO3. The third-order valence-corrected chi connectivity index (χ3v) is 2.04. The Balaban J connectivity index is 2.62. The molecule has 0 saturated carbocycles. The number of nitrogens with one attached hydrogen (secondary N) is 1. The minimum absolute atomic E-state index is 0.109. The number of carbonyl (C=O) groups excluding carboxylic acids is 1. The van der Waals surface area contributed by atoms with E-state index in [1.807, 2.05) is 19.9 Å². The predicted molar refractivity (Wildman–Crippen MR) is 61.6 cm³/mol. The molecule has 4 heteroatoms. The molecular weight excluding hydrogens is 206 g/mol. The van der Waals surface area contributed by atoms with Crippen LogP contribution in [0.25, 0.3) is 0 Å². The van der Waals surface area contributed by atoms with Crippen molar-refractivity contribution in [2.75, 3.05) is 6.61 Å². The minimum Gasteiger partial charge on any atom is -0.410 e. The summed E-state index contributed by atoms with van der Waals surface area (Å²) in [5, 5.41) is 11.3. The Hall–Kier alpha value is -1.55. The molecule has 0 bridgehead atoms. The highest BCUT2D eigenvalue weighted by atomic mass is 16.6. The highest BCUT2D eigenvalue weighted by molar-refractivity contribution is 5.70. The highest BCUT2D eigenvalue weighted by Crippen LogP contribution is 2.16. The first-order valence-corrected chi connectivity index (χ1v) is 5.18. The molecule has 1 unspecified atom stereocenters. The number of aryl methyl sites for hydroxylation is 2. The van der Waals surface area contributed by atoms with Gasteiger partial charge in [0.15, 0.2) is 0 Å². The molecule has 1 atom stereocenters. The van der Waals surface area contributed by atoms with Crippen molar-refractivity contribution >= 4 is 6.09 Å². The van der Waals surface area contributed by atoms with Gasteiger partial charge in [0.25, 0.3) is 0 Å². The standard InChI is InChI=1S/C12H17NO3/c1-8-4-9(2)6-11(5-8)16-12(15)13-10(3)7-14/h4-6,10,14H,7H2,1-3H3,(H,13,15). The Morgan fingerprint density at radius 1 is 1.38 bits per heavy atom. The minimum atomic E-state index is -0.549. The van der Waals surface area contributed by atoms with Gasteiger partial charge in [-0.3, -0.25) is 0 Å². The zero-order valence-electron chi connectivity index (χ0n) is 9.78. The predicted octanol–water partition coefficient (Wildman–Crippen LogP) is 1.77. The summed E-state index contributed by atoms with van der Waals surface area (Å²) < 4.78 is 5.09. The Labute approximate surface area is 95.2 Å². The van der Waals surface area contributed by atoms with E-state index >= 15 is 0 Å². The average Bonchev–Trinajstić information content (AvgIpc) is 2.15. The summed E-state index contributed by atoms with van der Waals surface area (Å²) in [6.45, 7) is 5.47. The number of carbonyl (C=O) groups is 1. The van der Waals surface area contributed by atoms with E-state index < -0.39 is 6.09 Å². The largest absolute Gasteiger partial charge is 0.412 e. The number of amides is 1. The number of aliphatic hydroxyl groups excluding tert-OH is 1. The highest BCUT2D eigenvalue weighted by Gasteiger charge is 2.08. The molecule has 0 aliphatic carbocycles. The maximum absolute atomic E-state index is 11.4. The van der Waals surface area contributed by atoms with Crippen molar-refractivity contribution in [3.05, 3.63) is 29.3 Å². The Morgan fingerprint density at radius 2 is 1.94 bits per heavy atom. The van der Waals surface area contributed by atoms with Crippen LogP contribution < -0.4 is 10.1 Å². The van der Waals surface area contributed by atoms with Gasteiger partial charge in [-0.1, -0.05) is 6.07 Å². The van der Waals surface area contributed by atoms with E-state index in [0.29, 0.717) is 5.75 Å². The van der Waals surface area contributed by atoms with Gasteiger partial charge >= 0.3 is 6.09 Å². The molecule has 0 saturated heterocycles. The smallest absolute Gasteiger partial charge is 0.410 e. The van der Waals surface area contributed by atoms with Gasteiger partial charge in [-0.25, -0.2) is 4.79 Å². The lowest BCUT2D eigenvalue weighted by atomic mass is 10.1. The Bertz CT molecular complexity index is 356. The first-order chi connectivity index (χ1) is 7.51. The van der Waals surface area contributed by atoms with Crippen molar-refractivity contribution in [2.24, 2.45) is 0 Å². The molecule has 0 heterocycles. The summed E-state index contributed by atoms with van der Waals surface area (Å²) in [6.07, 6.45) is -0.549. The first kappa shape index (κ1) is 12.5. The monoisotopic (exact) mass is 223 g/mol. The van der Waals surface area contributed by atoms with Gasteiger partial charge in [0, 0.05) is 0 Å². The van der Waals surface area contributed by atoms with Gasteiger partial charge in [0.2, 0.25) is 0 Å². The summed E-state index contributed by atoms with van der Waals surface area (Å²) in [5.74, 6) is 0.514. The van der Waals surface area contributed by atoms with Crippen LogP contribution in [0.15, 0.2) is 18.2 Å². The number of hydrogen-bond acceptors (Lipinski definition) is 3. The van der Waals surface area contributed by atoms with E-state index in [2.05, 4.69) is 5.32 Å². The van der Waals surface area contributed by atoms with Crippen LogP contribution in [-0.2, 0) is 0 Å². The van der Waals surface area contributed by atoms with Crippen LogP contribution in [0.3, 0.4) is 0 Å². The van der Waals surface area contributed by atoms with Gasteiger partial charge in [-0.15, -0.1) is 0 Å². The number of rotatable bonds is 3.